The largest absolute Gasteiger partial charge is 0.383 e. The maximum atomic E-state index is 6.08. The van der Waals surface area contributed by atoms with Crippen molar-refractivity contribution in [3.05, 3.63) is 42.9 Å². The van der Waals surface area contributed by atoms with Crippen LogP contribution >= 0.6 is 0 Å². The van der Waals surface area contributed by atoms with E-state index in [1.54, 1.807) is 0 Å². The van der Waals surface area contributed by atoms with Gasteiger partial charge >= 0.3 is 0 Å². The van der Waals surface area contributed by atoms with Crippen molar-refractivity contribution in [2.24, 2.45) is 0 Å². The van der Waals surface area contributed by atoms with Crippen molar-refractivity contribution in [1.82, 2.24) is 19.7 Å². The van der Waals surface area contributed by atoms with Crippen molar-refractivity contribution in [2.45, 2.75) is 46.1 Å². The second-order valence-electron chi connectivity index (χ2n) is 5.95. The molecule has 0 fully saturated rings. The van der Waals surface area contributed by atoms with Gasteiger partial charge in [-0.2, -0.15) is 5.10 Å². The molecule has 5 heteroatoms. The van der Waals surface area contributed by atoms with Crippen molar-refractivity contribution in [3.63, 3.8) is 0 Å². The Balaban J connectivity index is 2.53. The highest BCUT2D eigenvalue weighted by molar-refractivity contribution is 5.97. The van der Waals surface area contributed by atoms with E-state index in [1.165, 1.54) is 6.33 Å². The molecule has 0 amide bonds. The number of hydrogen-bond acceptors (Lipinski definition) is 4. The molecule has 0 aliphatic rings. The van der Waals surface area contributed by atoms with Gasteiger partial charge in [-0.1, -0.05) is 50.6 Å². The molecule has 2 N–H and O–H groups in total. The van der Waals surface area contributed by atoms with Crippen LogP contribution in [0.4, 0.5) is 5.82 Å². The van der Waals surface area contributed by atoms with Gasteiger partial charge < -0.3 is 5.73 Å². The highest BCUT2D eigenvalue weighted by Gasteiger charge is 2.19. The Morgan fingerprint density at radius 3 is 2.74 bits per heavy atom. The minimum absolute atomic E-state index is 0.249. The molecule has 0 saturated carbocycles. The summed E-state index contributed by atoms with van der Waals surface area (Å²) >= 11 is 0. The number of nitrogens with two attached hydrogens (primary N) is 1. The standard InChI is InChI=1S/C18H25N5/c1-6-7-8-14(5)23-18-15(17(19)20-11-21-18)16(22-23)13(4)10-9-12(2)3/h9-11,14H,2,4,6-8H2,1,3,5H3,(H2,19,20,21). The fraction of sp³-hybridized carbons (Fsp3) is 0.389. The summed E-state index contributed by atoms with van der Waals surface area (Å²) < 4.78 is 1.94. The average molecular weight is 311 g/mol. The van der Waals surface area contributed by atoms with E-state index in [-0.39, 0.29) is 6.04 Å². The molecule has 0 aliphatic heterocycles. The van der Waals surface area contributed by atoms with E-state index in [0.29, 0.717) is 5.82 Å². The summed E-state index contributed by atoms with van der Waals surface area (Å²) in [6, 6.07) is 0.249. The van der Waals surface area contributed by atoms with Crippen LogP contribution in [0.5, 0.6) is 0 Å². The zero-order valence-corrected chi connectivity index (χ0v) is 14.2. The van der Waals surface area contributed by atoms with Crippen molar-refractivity contribution in [1.29, 1.82) is 0 Å². The predicted octanol–water partition coefficient (Wildman–Crippen LogP) is 4.31. The van der Waals surface area contributed by atoms with E-state index in [2.05, 4.69) is 37.0 Å². The van der Waals surface area contributed by atoms with E-state index in [1.807, 2.05) is 23.8 Å². The lowest BCUT2D eigenvalue weighted by Crippen LogP contribution is -2.08. The Morgan fingerprint density at radius 1 is 1.35 bits per heavy atom. The minimum atomic E-state index is 0.249. The predicted molar refractivity (Wildman–Crippen MR) is 97.0 cm³/mol. The van der Waals surface area contributed by atoms with E-state index in [9.17, 15) is 0 Å². The summed E-state index contributed by atoms with van der Waals surface area (Å²) in [4.78, 5) is 8.51. The quantitative estimate of drug-likeness (QED) is 0.774. The lowest BCUT2D eigenvalue weighted by atomic mass is 10.1. The Labute approximate surface area is 137 Å². The molecule has 0 radical (unpaired) electrons. The van der Waals surface area contributed by atoms with Crippen molar-refractivity contribution >= 4 is 22.4 Å². The van der Waals surface area contributed by atoms with Crippen LogP contribution in [0.3, 0.4) is 0 Å². The number of fused-ring (bicyclic) bond motifs is 1. The number of nitrogen functional groups attached to an aromatic ring is 1. The zero-order chi connectivity index (χ0) is 17.0. The molecule has 23 heavy (non-hydrogen) atoms. The fourth-order valence-electron chi connectivity index (χ4n) is 2.47. The summed E-state index contributed by atoms with van der Waals surface area (Å²) in [7, 11) is 0. The van der Waals surface area contributed by atoms with Gasteiger partial charge in [0, 0.05) is 0 Å². The molecule has 0 aromatic carbocycles. The maximum absolute atomic E-state index is 6.08. The minimum Gasteiger partial charge on any atom is -0.383 e. The van der Waals surface area contributed by atoms with Crippen molar-refractivity contribution < 1.29 is 0 Å². The fourth-order valence-corrected chi connectivity index (χ4v) is 2.47. The van der Waals surface area contributed by atoms with Gasteiger partial charge in [-0.25, -0.2) is 14.6 Å². The number of nitrogens with zero attached hydrogens (tertiary/aromatic N) is 4. The van der Waals surface area contributed by atoms with Gasteiger partial charge in [-0.05, 0) is 25.8 Å². The van der Waals surface area contributed by atoms with Crippen molar-refractivity contribution in [3.8, 4) is 0 Å². The lowest BCUT2D eigenvalue weighted by Gasteiger charge is -2.12. The molecular formula is C18H25N5. The van der Waals surface area contributed by atoms with Gasteiger partial charge in [0.15, 0.2) is 5.65 Å². The second kappa shape index (κ2) is 7.22. The number of anilines is 1. The summed E-state index contributed by atoms with van der Waals surface area (Å²) in [5, 5.41) is 5.51. The first-order valence-electron chi connectivity index (χ1n) is 7.97. The highest BCUT2D eigenvalue weighted by atomic mass is 15.3. The van der Waals surface area contributed by atoms with Gasteiger partial charge in [-0.3, -0.25) is 0 Å². The van der Waals surface area contributed by atoms with Gasteiger partial charge in [0.25, 0.3) is 0 Å². The first-order valence-corrected chi connectivity index (χ1v) is 7.97. The monoisotopic (exact) mass is 311 g/mol. The van der Waals surface area contributed by atoms with Crippen molar-refractivity contribution in [2.75, 3.05) is 5.73 Å². The van der Waals surface area contributed by atoms with E-state index in [4.69, 9.17) is 10.8 Å². The van der Waals surface area contributed by atoms with E-state index in [0.717, 1.165) is 47.1 Å². The van der Waals surface area contributed by atoms with Gasteiger partial charge in [0.2, 0.25) is 0 Å². The summed E-state index contributed by atoms with van der Waals surface area (Å²) in [5.41, 5.74) is 9.31. The third-order valence-corrected chi connectivity index (χ3v) is 3.78. The number of rotatable bonds is 7. The number of aromatic nitrogens is 4. The SMILES string of the molecule is C=C(C)C=CC(=C)c1nn(C(C)CCCC)c2ncnc(N)c12. The summed E-state index contributed by atoms with van der Waals surface area (Å²) in [6.07, 6.45) is 8.64. The van der Waals surface area contributed by atoms with Gasteiger partial charge in [0.05, 0.1) is 11.4 Å². The molecule has 1 atom stereocenters. The van der Waals surface area contributed by atoms with Crippen LogP contribution in [-0.4, -0.2) is 19.7 Å². The summed E-state index contributed by atoms with van der Waals surface area (Å²) in [6.45, 7) is 14.2. The third kappa shape index (κ3) is 3.67. The summed E-state index contributed by atoms with van der Waals surface area (Å²) in [5.74, 6) is 0.434. The smallest absolute Gasteiger partial charge is 0.164 e. The molecule has 2 aromatic rings. The molecule has 5 nitrogen and oxygen atoms in total. The molecule has 0 bridgehead atoms. The van der Waals surface area contributed by atoms with Gasteiger partial charge in [0.1, 0.15) is 17.8 Å². The van der Waals surface area contributed by atoms with E-state index >= 15 is 0 Å². The Morgan fingerprint density at radius 2 is 2.09 bits per heavy atom. The highest BCUT2D eigenvalue weighted by Crippen LogP contribution is 2.29. The van der Waals surface area contributed by atoms with Crippen LogP contribution in [0.1, 0.15) is 51.8 Å². The first-order chi connectivity index (χ1) is 11.0. The number of unbranched alkanes of at least 4 members (excludes halogenated alkanes) is 1. The topological polar surface area (TPSA) is 69.6 Å². The van der Waals surface area contributed by atoms with E-state index < -0.39 is 0 Å². The molecular weight excluding hydrogens is 286 g/mol. The molecule has 2 rings (SSSR count). The first kappa shape index (κ1) is 16.9. The lowest BCUT2D eigenvalue weighted by molar-refractivity contribution is 0.453. The van der Waals surface area contributed by atoms with Gasteiger partial charge in [-0.15, -0.1) is 0 Å². The van der Waals surface area contributed by atoms with Crippen LogP contribution in [0.25, 0.3) is 16.6 Å². The zero-order valence-electron chi connectivity index (χ0n) is 14.2. The third-order valence-electron chi connectivity index (χ3n) is 3.78. The molecule has 0 aliphatic carbocycles. The van der Waals surface area contributed by atoms with Crippen LogP contribution in [0.2, 0.25) is 0 Å². The van der Waals surface area contributed by atoms with Crippen LogP contribution < -0.4 is 5.73 Å². The van der Waals surface area contributed by atoms with Crippen LogP contribution in [0, 0.1) is 0 Å². The second-order valence-corrected chi connectivity index (χ2v) is 5.95. The van der Waals surface area contributed by atoms with Crippen LogP contribution in [0.15, 0.2) is 37.2 Å². The maximum Gasteiger partial charge on any atom is 0.164 e. The Bertz CT molecular complexity index is 754. The Hall–Kier alpha value is -2.43. The molecule has 0 saturated heterocycles. The molecule has 0 spiro atoms. The molecule has 1 unspecified atom stereocenters. The average Bonchev–Trinajstić information content (AvgIpc) is 2.91. The normalized spacial score (nSPS) is 12.8. The Kier molecular flexibility index (Phi) is 5.32. The van der Waals surface area contributed by atoms with Crippen LogP contribution in [-0.2, 0) is 0 Å². The molecule has 122 valence electrons. The molecule has 2 heterocycles. The number of hydrogen-bond donors (Lipinski definition) is 1. The number of allylic oxidation sites excluding steroid dienone is 4. The molecule has 2 aromatic heterocycles.